The van der Waals surface area contributed by atoms with E-state index in [0.717, 1.165) is 0 Å². The van der Waals surface area contributed by atoms with Crippen LogP contribution in [0.1, 0.15) is 25.5 Å². The third-order valence-electron chi connectivity index (χ3n) is 4.98. The minimum atomic E-state index is -1.91. The van der Waals surface area contributed by atoms with Crippen LogP contribution in [0, 0.1) is 56.2 Å². The highest BCUT2D eigenvalue weighted by Gasteiger charge is 2.78. The van der Waals surface area contributed by atoms with E-state index in [9.17, 15) is 15.8 Å². The second kappa shape index (κ2) is 4.52. The predicted octanol–water partition coefficient (Wildman–Crippen LogP) is 2.06. The average molecular weight is 307 g/mol. The lowest BCUT2D eigenvalue weighted by molar-refractivity contribution is -0.268. The molecule has 2 aliphatic rings. The molecule has 114 valence electrons. The minimum Gasteiger partial charge on any atom is -0.448 e. The molecule has 7 nitrogen and oxygen atoms in total. The molecule has 2 bridgehead atoms. The second-order valence-electron chi connectivity index (χ2n) is 5.90. The number of ether oxygens (including phenoxy) is 2. The Morgan fingerprint density at radius 3 is 2.48 bits per heavy atom. The Bertz CT molecular complexity index is 788. The fraction of sp³-hybridized carbons (Fsp3) is 0.438. The van der Waals surface area contributed by atoms with Gasteiger partial charge in [0, 0.05) is 24.9 Å². The van der Waals surface area contributed by atoms with Crippen LogP contribution in [-0.4, -0.2) is 16.7 Å². The topological polar surface area (TPSA) is 127 Å². The van der Waals surface area contributed by atoms with E-state index < -0.39 is 34.5 Å². The molecule has 0 aromatic carbocycles. The molecule has 0 aliphatic carbocycles. The normalized spacial score (nSPS) is 37.1. The van der Waals surface area contributed by atoms with E-state index in [1.165, 1.54) is 6.20 Å². The zero-order chi connectivity index (χ0) is 16.9. The lowest BCUT2D eigenvalue weighted by Crippen LogP contribution is -2.57. The maximum Gasteiger partial charge on any atom is 0.214 e. The quantitative estimate of drug-likeness (QED) is 0.846. The Kier molecular flexibility index (Phi) is 2.94. The van der Waals surface area contributed by atoms with Crippen molar-refractivity contribution >= 4 is 5.90 Å². The molecule has 23 heavy (non-hydrogen) atoms. The maximum absolute atomic E-state index is 9.84. The molecule has 0 unspecified atom stereocenters. The summed E-state index contributed by atoms with van der Waals surface area (Å²) in [6, 6.07) is 9.28. The molecule has 1 N–H and O–H groups in total. The molecule has 3 rings (SSSR count). The van der Waals surface area contributed by atoms with Crippen molar-refractivity contribution in [2.75, 3.05) is 0 Å². The zero-order valence-electron chi connectivity index (χ0n) is 12.6. The van der Waals surface area contributed by atoms with Gasteiger partial charge in [0.15, 0.2) is 5.41 Å². The molecule has 0 saturated carbocycles. The van der Waals surface area contributed by atoms with Crippen LogP contribution in [0.5, 0.6) is 0 Å². The van der Waals surface area contributed by atoms with E-state index >= 15 is 0 Å². The maximum atomic E-state index is 9.84. The average Bonchev–Trinajstić information content (AvgIpc) is 2.71. The van der Waals surface area contributed by atoms with Crippen LogP contribution in [-0.2, 0) is 9.47 Å². The summed E-state index contributed by atoms with van der Waals surface area (Å²) in [7, 11) is 0. The fourth-order valence-corrected chi connectivity index (χ4v) is 3.54. The molecule has 4 atom stereocenters. The Morgan fingerprint density at radius 2 is 1.96 bits per heavy atom. The number of fused-ring (bicyclic) bond motifs is 2. The largest absolute Gasteiger partial charge is 0.448 e. The third kappa shape index (κ3) is 1.49. The molecule has 2 saturated heterocycles. The van der Waals surface area contributed by atoms with Gasteiger partial charge in [-0.2, -0.15) is 15.8 Å². The molecule has 0 spiro atoms. The first-order valence-corrected chi connectivity index (χ1v) is 7.01. The van der Waals surface area contributed by atoms with Gasteiger partial charge in [-0.15, -0.1) is 0 Å². The molecule has 2 aliphatic heterocycles. The molecule has 2 fully saturated rings. The molecule has 1 aromatic rings. The van der Waals surface area contributed by atoms with Crippen molar-refractivity contribution in [2.45, 2.75) is 25.7 Å². The molecule has 0 amide bonds. The van der Waals surface area contributed by atoms with E-state index in [1.54, 1.807) is 32.2 Å². The van der Waals surface area contributed by atoms with E-state index in [4.69, 9.17) is 14.9 Å². The summed E-state index contributed by atoms with van der Waals surface area (Å²) in [5.41, 5.74) is -3.12. The van der Waals surface area contributed by atoms with Crippen molar-refractivity contribution in [3.05, 3.63) is 30.1 Å². The summed E-state index contributed by atoms with van der Waals surface area (Å²) in [4.78, 5) is 4.00. The van der Waals surface area contributed by atoms with Crippen LogP contribution in [0.2, 0.25) is 0 Å². The van der Waals surface area contributed by atoms with E-state index in [1.807, 2.05) is 18.2 Å². The molecule has 3 heterocycles. The summed E-state index contributed by atoms with van der Waals surface area (Å²) in [5, 5.41) is 37.7. The zero-order valence-corrected chi connectivity index (χ0v) is 12.6. The van der Waals surface area contributed by atoms with Crippen molar-refractivity contribution in [1.82, 2.24) is 4.98 Å². The van der Waals surface area contributed by atoms with E-state index in [-0.39, 0.29) is 0 Å². The van der Waals surface area contributed by atoms with Crippen LogP contribution in [0.15, 0.2) is 24.5 Å². The highest BCUT2D eigenvalue weighted by atomic mass is 16.7. The number of hydrogen-bond donors (Lipinski definition) is 1. The van der Waals surface area contributed by atoms with Gasteiger partial charge in [-0.05, 0) is 6.07 Å². The summed E-state index contributed by atoms with van der Waals surface area (Å²) in [5.74, 6) is -2.31. The second-order valence-corrected chi connectivity index (χ2v) is 5.90. The molecular weight excluding hydrogens is 294 g/mol. The molecule has 1 aromatic heterocycles. The van der Waals surface area contributed by atoms with E-state index in [0.29, 0.717) is 5.56 Å². The molecule has 7 heteroatoms. The lowest BCUT2D eigenvalue weighted by Gasteiger charge is -2.47. The van der Waals surface area contributed by atoms with Gasteiger partial charge in [0.25, 0.3) is 0 Å². The highest BCUT2D eigenvalue weighted by Crippen LogP contribution is 2.66. The summed E-state index contributed by atoms with van der Waals surface area (Å²) < 4.78 is 11.5. The number of nitrogens with one attached hydrogen (secondary N) is 1. The number of nitrogens with zero attached hydrogens (tertiary/aromatic N) is 4. The van der Waals surface area contributed by atoms with Crippen molar-refractivity contribution in [3.63, 3.8) is 0 Å². The monoisotopic (exact) mass is 307 g/mol. The number of rotatable bonds is 1. The van der Waals surface area contributed by atoms with Crippen LogP contribution >= 0.6 is 0 Å². The van der Waals surface area contributed by atoms with Gasteiger partial charge >= 0.3 is 0 Å². The fourth-order valence-electron chi connectivity index (χ4n) is 3.54. The van der Waals surface area contributed by atoms with Gasteiger partial charge in [-0.1, -0.05) is 13.0 Å². The SMILES string of the molecule is C[C@@H]1[C@@]2(C)OC(=N)[C@@]1(C#N)C(C#N)(C#N)[C@@H](c1cccnc1)O2. The third-order valence-corrected chi connectivity index (χ3v) is 4.98. The number of nitriles is 3. The van der Waals surface area contributed by atoms with Crippen molar-refractivity contribution < 1.29 is 9.47 Å². The van der Waals surface area contributed by atoms with Gasteiger partial charge in [-0.25, -0.2) is 0 Å². The summed E-state index contributed by atoms with van der Waals surface area (Å²) in [6.45, 7) is 3.28. The van der Waals surface area contributed by atoms with Crippen LogP contribution in [0.4, 0.5) is 0 Å². The first-order valence-electron chi connectivity index (χ1n) is 7.01. The Labute approximate surface area is 133 Å². The smallest absolute Gasteiger partial charge is 0.214 e. The Balaban J connectivity index is 2.34. The summed E-state index contributed by atoms with van der Waals surface area (Å²) in [6.07, 6.45) is 2.00. The van der Waals surface area contributed by atoms with Gasteiger partial charge < -0.3 is 9.47 Å². The van der Waals surface area contributed by atoms with Crippen molar-refractivity contribution in [3.8, 4) is 18.2 Å². The summed E-state index contributed by atoms with van der Waals surface area (Å²) >= 11 is 0. The van der Waals surface area contributed by atoms with Crippen molar-refractivity contribution in [2.24, 2.45) is 16.7 Å². The first kappa shape index (κ1) is 15.0. The predicted molar refractivity (Wildman–Crippen MR) is 76.1 cm³/mol. The van der Waals surface area contributed by atoms with Crippen LogP contribution < -0.4 is 0 Å². The van der Waals surface area contributed by atoms with E-state index in [2.05, 4.69) is 4.98 Å². The van der Waals surface area contributed by atoms with Gasteiger partial charge in [0.2, 0.25) is 17.1 Å². The Hall–Kier alpha value is -2.95. The number of aromatic nitrogens is 1. The minimum absolute atomic E-state index is 0.399. The van der Waals surface area contributed by atoms with Gasteiger partial charge in [0.05, 0.1) is 24.1 Å². The van der Waals surface area contributed by atoms with Crippen molar-refractivity contribution in [1.29, 1.82) is 21.2 Å². The highest BCUT2D eigenvalue weighted by molar-refractivity contribution is 5.89. The van der Waals surface area contributed by atoms with Gasteiger partial charge in [-0.3, -0.25) is 10.4 Å². The number of hydrogen-bond acceptors (Lipinski definition) is 7. The van der Waals surface area contributed by atoms with Crippen LogP contribution in [0.25, 0.3) is 0 Å². The number of pyridine rings is 1. The Morgan fingerprint density at radius 1 is 1.26 bits per heavy atom. The first-order chi connectivity index (χ1) is 10.9. The standard InChI is InChI=1S/C16H13N5O2/c1-10-14(2)22-12(11-4-3-5-21-6-11)15(7-17,8-18)16(10,9-19)13(20)23-14/h3-6,10,12,20H,1-2H3/t10-,12-,14-,16+/m1/s1. The van der Waals surface area contributed by atoms with Crippen LogP contribution in [0.3, 0.4) is 0 Å². The molecule has 0 radical (unpaired) electrons. The molecular formula is C16H13N5O2. The van der Waals surface area contributed by atoms with Gasteiger partial charge in [0.1, 0.15) is 6.10 Å². The lowest BCUT2D eigenvalue weighted by atomic mass is 9.54.